The Morgan fingerprint density at radius 1 is 0.510 bits per heavy atom. The van der Waals surface area contributed by atoms with Crippen LogP contribution in [0.25, 0.3) is 22.5 Å². The summed E-state index contributed by atoms with van der Waals surface area (Å²) in [5, 5.41) is 0. The zero-order chi connectivity index (χ0) is 34.4. The number of benzene rings is 5. The molecule has 5 aromatic carbocycles. The molecule has 0 saturated heterocycles. The van der Waals surface area contributed by atoms with E-state index in [9.17, 15) is 0 Å². The Balaban J connectivity index is 0.00000406. The smallest absolute Gasteiger partial charge is 0.497 e. The number of pyridine rings is 2. The fraction of sp³-hybridized carbons (Fsp3) is 0.111. The molecule has 2 aromatic heterocycles. The summed E-state index contributed by atoms with van der Waals surface area (Å²) in [6.07, 6.45) is 1.81. The molecule has 0 atom stereocenters. The molecule has 1 aliphatic rings. The van der Waals surface area contributed by atoms with E-state index < -0.39 is 0 Å². The Hall–Kier alpha value is -4.98. The molecule has 3 nitrogen and oxygen atoms in total. The van der Waals surface area contributed by atoms with Crippen LogP contribution in [0.15, 0.2) is 128 Å². The number of fused-ring (bicyclic) bond motifs is 2. The van der Waals surface area contributed by atoms with Gasteiger partial charge < -0.3 is 14.7 Å². The van der Waals surface area contributed by atoms with E-state index in [4.69, 9.17) is 9.72 Å². The molecule has 248 valence electrons. The normalized spacial score (nSPS) is 11.8. The Morgan fingerprint density at radius 2 is 1.10 bits per heavy atom. The molecule has 7 aromatic rings. The van der Waals surface area contributed by atoms with Crippen molar-refractivity contribution in [1.82, 2.24) is 9.97 Å². The van der Waals surface area contributed by atoms with E-state index in [2.05, 4.69) is 124 Å². The van der Waals surface area contributed by atoms with Crippen molar-refractivity contribution in [2.45, 2.75) is 34.6 Å². The van der Waals surface area contributed by atoms with Gasteiger partial charge in [0.2, 0.25) is 6.71 Å². The van der Waals surface area contributed by atoms with Crippen LogP contribution in [-0.2, 0) is 21.1 Å². The molecular formula is C45H36B2N2OPt. The van der Waals surface area contributed by atoms with E-state index in [1.54, 1.807) is 6.20 Å². The minimum absolute atomic E-state index is 0. The van der Waals surface area contributed by atoms with Gasteiger partial charge >= 0.3 is 21.1 Å². The van der Waals surface area contributed by atoms with E-state index in [0.717, 1.165) is 33.7 Å². The van der Waals surface area contributed by atoms with Crippen molar-refractivity contribution < 1.29 is 25.8 Å². The monoisotopic (exact) mass is 837 g/mol. The molecule has 1 aliphatic heterocycles. The molecule has 0 N–H and O–H groups in total. The average molecular weight is 837 g/mol. The molecule has 51 heavy (non-hydrogen) atoms. The maximum atomic E-state index is 7.06. The predicted octanol–water partition coefficient (Wildman–Crippen LogP) is 6.09. The molecule has 8 rings (SSSR count). The van der Waals surface area contributed by atoms with Gasteiger partial charge in [-0.3, -0.25) is 0 Å². The van der Waals surface area contributed by atoms with Gasteiger partial charge in [0.05, 0.1) is 0 Å². The Kier molecular flexibility index (Phi) is 9.68. The summed E-state index contributed by atoms with van der Waals surface area (Å²) in [7, 11) is 0. The Labute approximate surface area is 316 Å². The first kappa shape index (κ1) is 34.5. The molecule has 3 heterocycles. The molecule has 0 spiro atoms. The Bertz CT molecular complexity index is 2350. The van der Waals surface area contributed by atoms with Crippen LogP contribution in [0.1, 0.15) is 27.9 Å². The number of ether oxygens (including phenoxy) is 1. The van der Waals surface area contributed by atoms with Crippen LogP contribution < -0.4 is 37.5 Å². The van der Waals surface area contributed by atoms with Crippen LogP contribution in [0.2, 0.25) is 0 Å². The van der Waals surface area contributed by atoms with Crippen LogP contribution in [0.5, 0.6) is 11.5 Å². The van der Waals surface area contributed by atoms with Crippen LogP contribution in [0, 0.1) is 46.8 Å². The fourth-order valence-electron chi connectivity index (χ4n) is 7.86. The topological polar surface area (TPSA) is 35.0 Å². The summed E-state index contributed by atoms with van der Waals surface area (Å²) in [5.74, 6) is 1.30. The number of rotatable bonds is 6. The second kappa shape index (κ2) is 14.3. The van der Waals surface area contributed by atoms with Gasteiger partial charge in [-0.1, -0.05) is 141 Å². The first-order valence-electron chi connectivity index (χ1n) is 17.2. The SMILES string of the molecule is Cc1cccc(-c2[c-]c(Oc3[c-]c(-c4ccccn4)ccc3)c3c(c2)B(c2c(C)cccc2C)c2ccccc2B3c2c(C)cccc2C)n1.[Pt+2]. The molecule has 0 bridgehead atoms. The number of aryl methyl sites for hydroxylation is 5. The van der Waals surface area contributed by atoms with Crippen molar-refractivity contribution in [2.24, 2.45) is 0 Å². The predicted molar refractivity (Wildman–Crippen MR) is 209 cm³/mol. The van der Waals surface area contributed by atoms with Crippen molar-refractivity contribution >= 4 is 46.2 Å². The van der Waals surface area contributed by atoms with Gasteiger partial charge in [0, 0.05) is 23.4 Å². The maximum absolute atomic E-state index is 7.06. The van der Waals surface area contributed by atoms with Gasteiger partial charge in [0.25, 0.3) is 0 Å². The Morgan fingerprint density at radius 3 is 1.75 bits per heavy atom. The van der Waals surface area contributed by atoms with E-state index in [1.165, 1.54) is 49.6 Å². The van der Waals surface area contributed by atoms with Gasteiger partial charge in [-0.15, -0.1) is 40.9 Å². The summed E-state index contributed by atoms with van der Waals surface area (Å²) in [5.41, 5.74) is 17.0. The minimum Gasteiger partial charge on any atom is -0.497 e. The summed E-state index contributed by atoms with van der Waals surface area (Å²) >= 11 is 0. The standard InChI is InChI=1S/C45H36B2N2O.Pt/c1-29-14-10-15-30(2)43(29)46-37-21-6-7-22-38(37)47(44-31(3)16-11-17-32(44)4)45-39(46)27-35(41-24-12-18-33(5)49-41)28-42(45)50-36-20-13-19-34(26-36)40-23-8-9-25-48-40;/h6-25,27H,1-5H3;/q-2;+2. The van der Waals surface area contributed by atoms with Crippen molar-refractivity contribution in [3.63, 3.8) is 0 Å². The van der Waals surface area contributed by atoms with Crippen LogP contribution >= 0.6 is 0 Å². The van der Waals surface area contributed by atoms with E-state index in [0.29, 0.717) is 11.5 Å². The van der Waals surface area contributed by atoms with E-state index >= 15 is 0 Å². The van der Waals surface area contributed by atoms with Gasteiger partial charge in [0.1, 0.15) is 0 Å². The first-order valence-corrected chi connectivity index (χ1v) is 17.2. The number of hydrogen-bond acceptors (Lipinski definition) is 3. The first-order chi connectivity index (χ1) is 24.4. The third-order valence-corrected chi connectivity index (χ3v) is 10.1. The molecule has 0 amide bonds. The van der Waals surface area contributed by atoms with Crippen LogP contribution in [-0.4, -0.2) is 23.4 Å². The summed E-state index contributed by atoms with van der Waals surface area (Å²) < 4.78 is 7.06. The number of hydrogen-bond donors (Lipinski definition) is 0. The number of aromatic nitrogens is 2. The largest absolute Gasteiger partial charge is 2.00 e. The molecule has 0 saturated carbocycles. The molecule has 0 unspecified atom stereocenters. The molecule has 0 radical (unpaired) electrons. The van der Waals surface area contributed by atoms with Crippen LogP contribution in [0.3, 0.4) is 0 Å². The molecule has 0 fully saturated rings. The van der Waals surface area contributed by atoms with Gasteiger partial charge in [0.15, 0.2) is 6.71 Å². The van der Waals surface area contributed by atoms with Crippen molar-refractivity contribution in [3.05, 3.63) is 168 Å². The van der Waals surface area contributed by atoms with Crippen LogP contribution in [0.4, 0.5) is 0 Å². The quantitative estimate of drug-likeness (QED) is 0.151. The van der Waals surface area contributed by atoms with Crippen molar-refractivity contribution in [3.8, 4) is 34.0 Å². The van der Waals surface area contributed by atoms with E-state index in [1.807, 2.05) is 49.4 Å². The fourth-order valence-corrected chi connectivity index (χ4v) is 7.86. The number of nitrogens with zero attached hydrogens (tertiary/aromatic N) is 2. The minimum atomic E-state index is -0.0762. The summed E-state index contributed by atoms with van der Waals surface area (Å²) in [4.78, 5) is 9.56. The molecule has 0 aliphatic carbocycles. The van der Waals surface area contributed by atoms with Gasteiger partial charge in [-0.2, -0.15) is 5.46 Å². The third kappa shape index (κ3) is 6.41. The average Bonchev–Trinajstić information content (AvgIpc) is 3.12. The van der Waals surface area contributed by atoms with Gasteiger partial charge in [-0.25, -0.2) is 0 Å². The summed E-state index contributed by atoms with van der Waals surface area (Å²) in [6.45, 7) is 10.8. The zero-order valence-electron chi connectivity index (χ0n) is 29.4. The molecular weight excluding hydrogens is 801 g/mol. The second-order valence-electron chi connectivity index (χ2n) is 13.4. The summed E-state index contributed by atoms with van der Waals surface area (Å²) in [6, 6.07) is 49.9. The second-order valence-corrected chi connectivity index (χ2v) is 13.4. The molecule has 6 heteroatoms. The third-order valence-electron chi connectivity index (χ3n) is 10.1. The van der Waals surface area contributed by atoms with Crippen molar-refractivity contribution in [1.29, 1.82) is 0 Å². The van der Waals surface area contributed by atoms with Crippen molar-refractivity contribution in [2.75, 3.05) is 0 Å². The van der Waals surface area contributed by atoms with E-state index in [-0.39, 0.29) is 34.5 Å². The maximum Gasteiger partial charge on any atom is 2.00 e. The zero-order valence-corrected chi connectivity index (χ0v) is 31.7. The van der Waals surface area contributed by atoms with Gasteiger partial charge in [-0.05, 0) is 58.1 Å².